The number of rotatable bonds is 4. The maximum absolute atomic E-state index is 5.15. The molecule has 7 heteroatoms. The lowest BCUT2D eigenvalue weighted by Gasteiger charge is -2.08. The van der Waals surface area contributed by atoms with E-state index in [4.69, 9.17) is 4.84 Å². The number of hydrogen-bond donors (Lipinski definition) is 1. The Labute approximate surface area is 130 Å². The highest BCUT2D eigenvalue weighted by molar-refractivity contribution is 9.10. The summed E-state index contributed by atoms with van der Waals surface area (Å²) in [5, 5.41) is 7.70. The number of halogens is 1. The molecule has 3 aromatic rings. The van der Waals surface area contributed by atoms with Gasteiger partial charge in [0.25, 0.3) is 0 Å². The zero-order valence-corrected chi connectivity index (χ0v) is 13.3. The van der Waals surface area contributed by atoms with E-state index >= 15 is 0 Å². The summed E-state index contributed by atoms with van der Waals surface area (Å²) in [7, 11) is 1.63. The highest BCUT2D eigenvalue weighted by Crippen LogP contribution is 2.20. The number of hydrogen-bond acceptors (Lipinski definition) is 4. The van der Waals surface area contributed by atoms with Crippen LogP contribution in [0.2, 0.25) is 0 Å². The van der Waals surface area contributed by atoms with Crippen LogP contribution in [0.15, 0.2) is 41.3 Å². The molecule has 0 saturated carbocycles. The molecule has 0 aromatic carbocycles. The number of aryl methyl sites for hydroxylation is 1. The molecule has 6 nitrogen and oxygen atoms in total. The second kappa shape index (κ2) is 5.69. The number of pyridine rings is 1. The third kappa shape index (κ3) is 2.82. The fourth-order valence-corrected chi connectivity index (χ4v) is 2.44. The molecule has 0 radical (unpaired) electrons. The normalized spacial score (nSPS) is 10.8. The van der Waals surface area contributed by atoms with Crippen molar-refractivity contribution in [3.05, 3.63) is 52.5 Å². The molecule has 21 heavy (non-hydrogen) atoms. The lowest BCUT2D eigenvalue weighted by atomic mass is 10.3. The number of aromatic nitrogens is 4. The summed E-state index contributed by atoms with van der Waals surface area (Å²) < 4.78 is 4.32. The first-order valence-corrected chi connectivity index (χ1v) is 7.26. The third-order valence-electron chi connectivity index (χ3n) is 3.08. The Morgan fingerprint density at radius 3 is 3.14 bits per heavy atom. The molecule has 3 aromatic heterocycles. The van der Waals surface area contributed by atoms with Gasteiger partial charge in [-0.2, -0.15) is 9.61 Å². The van der Waals surface area contributed by atoms with Crippen LogP contribution in [0.3, 0.4) is 0 Å². The summed E-state index contributed by atoms with van der Waals surface area (Å²) in [6.07, 6.45) is 5.52. The zero-order chi connectivity index (χ0) is 14.8. The maximum atomic E-state index is 5.15. The van der Waals surface area contributed by atoms with E-state index in [-0.39, 0.29) is 0 Å². The minimum Gasteiger partial charge on any atom is -0.366 e. The van der Waals surface area contributed by atoms with Crippen molar-refractivity contribution in [3.63, 3.8) is 0 Å². The molecular weight excluding hydrogens is 334 g/mol. The van der Waals surface area contributed by atoms with E-state index < -0.39 is 0 Å². The first-order valence-electron chi connectivity index (χ1n) is 6.47. The molecule has 0 aliphatic heterocycles. The van der Waals surface area contributed by atoms with Crippen LogP contribution < -0.4 is 14.9 Å². The average Bonchev–Trinajstić information content (AvgIpc) is 2.86. The molecule has 0 unspecified atom stereocenters. The van der Waals surface area contributed by atoms with Crippen LogP contribution in [-0.4, -0.2) is 21.7 Å². The zero-order valence-electron chi connectivity index (χ0n) is 11.7. The number of nitrogens with zero attached hydrogens (tertiary/aromatic N) is 4. The van der Waals surface area contributed by atoms with E-state index in [2.05, 4.69) is 31.3 Å². The monoisotopic (exact) mass is 348 g/mol. The van der Waals surface area contributed by atoms with Gasteiger partial charge in [0.1, 0.15) is 12.9 Å². The van der Waals surface area contributed by atoms with Crippen LogP contribution in [0.4, 0.5) is 5.82 Å². The van der Waals surface area contributed by atoms with Gasteiger partial charge < -0.3 is 5.32 Å². The molecule has 0 aliphatic rings. The fourth-order valence-electron chi connectivity index (χ4n) is 2.10. The summed E-state index contributed by atoms with van der Waals surface area (Å²) >= 11 is 3.46. The van der Waals surface area contributed by atoms with Gasteiger partial charge in [-0.25, -0.2) is 4.98 Å². The summed E-state index contributed by atoms with van der Waals surface area (Å²) in [6, 6.07) is 5.95. The minimum absolute atomic E-state index is 0.667. The molecule has 0 spiro atoms. The number of anilines is 1. The molecule has 3 heterocycles. The Bertz CT molecular complexity index is 786. The van der Waals surface area contributed by atoms with Gasteiger partial charge in [0.2, 0.25) is 12.4 Å². The van der Waals surface area contributed by atoms with Crippen molar-refractivity contribution >= 4 is 27.4 Å². The molecule has 0 bridgehead atoms. The van der Waals surface area contributed by atoms with Crippen LogP contribution >= 0.6 is 15.9 Å². The highest BCUT2D eigenvalue weighted by atomic mass is 79.9. The van der Waals surface area contributed by atoms with Gasteiger partial charge in [0.15, 0.2) is 5.65 Å². The van der Waals surface area contributed by atoms with Crippen molar-refractivity contribution in [2.45, 2.75) is 13.5 Å². The molecular formula is C14H15BrN5O+. The summed E-state index contributed by atoms with van der Waals surface area (Å²) in [5.74, 6) is 0.899. The van der Waals surface area contributed by atoms with Crippen molar-refractivity contribution < 1.29 is 9.57 Å². The SMILES string of the molecule is CO[n+]1cccc(CNc2cc(C)nc3c(Br)cnn23)c1. The molecule has 1 N–H and O–H groups in total. The lowest BCUT2D eigenvalue weighted by molar-refractivity contribution is -0.885. The molecule has 0 saturated heterocycles. The topological polar surface area (TPSA) is 55.3 Å². The van der Waals surface area contributed by atoms with Gasteiger partial charge in [-0.15, -0.1) is 0 Å². The Morgan fingerprint density at radius 2 is 2.33 bits per heavy atom. The Morgan fingerprint density at radius 1 is 1.48 bits per heavy atom. The van der Waals surface area contributed by atoms with E-state index in [9.17, 15) is 0 Å². The van der Waals surface area contributed by atoms with Crippen molar-refractivity contribution in [2.75, 3.05) is 12.4 Å². The van der Waals surface area contributed by atoms with E-state index in [1.165, 1.54) is 0 Å². The fraction of sp³-hybridized carbons (Fsp3) is 0.214. The predicted octanol–water partition coefficient (Wildman–Crippen LogP) is 1.76. The Balaban J connectivity index is 1.87. The van der Waals surface area contributed by atoms with Gasteiger partial charge in [0.05, 0.1) is 10.7 Å². The van der Waals surface area contributed by atoms with E-state index in [0.29, 0.717) is 6.54 Å². The first-order chi connectivity index (χ1) is 10.2. The number of fused-ring (bicyclic) bond motifs is 1. The predicted molar refractivity (Wildman–Crippen MR) is 81.9 cm³/mol. The van der Waals surface area contributed by atoms with E-state index in [1.807, 2.05) is 37.5 Å². The quantitative estimate of drug-likeness (QED) is 0.730. The summed E-state index contributed by atoms with van der Waals surface area (Å²) in [6.45, 7) is 2.63. The van der Waals surface area contributed by atoms with Crippen LogP contribution in [0.1, 0.15) is 11.3 Å². The van der Waals surface area contributed by atoms with Crippen LogP contribution in [-0.2, 0) is 6.54 Å². The summed E-state index contributed by atoms with van der Waals surface area (Å²) in [4.78, 5) is 9.62. The lowest BCUT2D eigenvalue weighted by Crippen LogP contribution is -2.40. The van der Waals surface area contributed by atoms with Crippen LogP contribution in [0.25, 0.3) is 5.65 Å². The Hall–Kier alpha value is -2.15. The smallest absolute Gasteiger partial charge is 0.227 e. The molecule has 0 fully saturated rings. The first kappa shape index (κ1) is 13.8. The van der Waals surface area contributed by atoms with E-state index in [1.54, 1.807) is 22.6 Å². The van der Waals surface area contributed by atoms with Gasteiger partial charge in [-0.3, -0.25) is 4.84 Å². The molecule has 0 amide bonds. The standard InChI is InChI=1S/C14H15BrN5O/c1-10-6-13(20-14(18-10)12(15)8-17-20)16-7-11-4-3-5-19(9-11)21-2/h3-6,8-9,16H,7H2,1-2H3/q+1. The van der Waals surface area contributed by atoms with Crippen LogP contribution in [0, 0.1) is 6.92 Å². The second-order valence-electron chi connectivity index (χ2n) is 4.62. The second-order valence-corrected chi connectivity index (χ2v) is 5.47. The molecule has 0 atom stereocenters. The summed E-state index contributed by atoms with van der Waals surface area (Å²) in [5.41, 5.74) is 2.84. The van der Waals surface area contributed by atoms with Crippen LogP contribution in [0.5, 0.6) is 0 Å². The van der Waals surface area contributed by atoms with Gasteiger partial charge in [-0.05, 0) is 28.9 Å². The van der Waals surface area contributed by atoms with Crippen molar-refractivity contribution in [3.8, 4) is 0 Å². The molecule has 108 valence electrons. The minimum atomic E-state index is 0.667. The number of nitrogens with one attached hydrogen (secondary N) is 1. The van der Waals surface area contributed by atoms with E-state index in [0.717, 1.165) is 27.2 Å². The van der Waals surface area contributed by atoms with Crippen molar-refractivity contribution in [1.29, 1.82) is 0 Å². The van der Waals surface area contributed by atoms with Crippen molar-refractivity contribution in [2.24, 2.45) is 0 Å². The van der Waals surface area contributed by atoms with Gasteiger partial charge in [0, 0.05) is 34.7 Å². The maximum Gasteiger partial charge on any atom is 0.227 e. The molecule has 3 rings (SSSR count). The van der Waals surface area contributed by atoms with Gasteiger partial charge >= 0.3 is 0 Å². The average molecular weight is 349 g/mol. The molecule has 0 aliphatic carbocycles. The largest absolute Gasteiger partial charge is 0.366 e. The van der Waals surface area contributed by atoms with Crippen molar-refractivity contribution in [1.82, 2.24) is 14.6 Å². The Kier molecular flexibility index (Phi) is 3.74. The van der Waals surface area contributed by atoms with Gasteiger partial charge in [-0.1, -0.05) is 0 Å². The third-order valence-corrected chi connectivity index (χ3v) is 3.64. The highest BCUT2D eigenvalue weighted by Gasteiger charge is 2.09.